The van der Waals surface area contributed by atoms with Crippen LogP contribution in [0.3, 0.4) is 0 Å². The van der Waals surface area contributed by atoms with Crippen LogP contribution < -0.4 is 5.32 Å². The van der Waals surface area contributed by atoms with Gasteiger partial charge in [-0.3, -0.25) is 4.79 Å². The number of carbonyl (C=O) groups excluding carboxylic acids is 1. The molecule has 0 radical (unpaired) electrons. The Hall–Kier alpha value is -1.43. The average molecular weight is 258 g/mol. The molecule has 0 unspecified atom stereocenters. The van der Waals surface area contributed by atoms with Gasteiger partial charge in [0.15, 0.2) is 0 Å². The number of rotatable bonds is 5. The van der Waals surface area contributed by atoms with Gasteiger partial charge in [-0.2, -0.15) is 0 Å². The van der Waals surface area contributed by atoms with Crippen molar-refractivity contribution < 1.29 is 18.7 Å². The fraction of sp³-hybridized carbons (Fsp3) is 0.583. The Morgan fingerprint density at radius 3 is 2.83 bits per heavy atom. The van der Waals surface area contributed by atoms with Gasteiger partial charge in [0, 0.05) is 12.7 Å². The van der Waals surface area contributed by atoms with Crippen molar-refractivity contribution in [2.45, 2.75) is 37.8 Å². The topological polar surface area (TPSA) is 54.3 Å². The Balaban J connectivity index is 1.94. The molecule has 4 nitrogen and oxygen atoms in total. The number of aromatic nitrogens is 1. The summed E-state index contributed by atoms with van der Waals surface area (Å²) >= 11 is 0. The standard InChI is InChI=1S/C12H16F2N2O2/c13-10(14)7-16-6-1-3-9(16)11(17)15-8-12(18)4-2-5-12/h1,3,6,10,18H,2,4-5,7-8H2,(H,15,17). The molecule has 1 amide bonds. The highest BCUT2D eigenvalue weighted by molar-refractivity contribution is 5.92. The molecular weight excluding hydrogens is 242 g/mol. The van der Waals surface area contributed by atoms with E-state index in [1.165, 1.54) is 16.8 Å². The fourth-order valence-corrected chi connectivity index (χ4v) is 2.03. The zero-order valence-electron chi connectivity index (χ0n) is 9.90. The van der Waals surface area contributed by atoms with E-state index in [9.17, 15) is 18.7 Å². The molecule has 1 aliphatic carbocycles. The van der Waals surface area contributed by atoms with Crippen molar-refractivity contribution in [3.8, 4) is 0 Å². The number of aliphatic hydroxyl groups is 1. The first-order valence-corrected chi connectivity index (χ1v) is 5.94. The first-order valence-electron chi connectivity index (χ1n) is 5.94. The van der Waals surface area contributed by atoms with E-state index >= 15 is 0 Å². The van der Waals surface area contributed by atoms with Crippen LogP contribution in [0, 0.1) is 0 Å². The zero-order valence-corrected chi connectivity index (χ0v) is 9.90. The lowest BCUT2D eigenvalue weighted by Gasteiger charge is -2.36. The molecule has 1 heterocycles. The van der Waals surface area contributed by atoms with Crippen molar-refractivity contribution in [2.24, 2.45) is 0 Å². The Morgan fingerprint density at radius 1 is 1.56 bits per heavy atom. The first kappa shape index (κ1) is 13.0. The van der Waals surface area contributed by atoms with Crippen LogP contribution in [0.25, 0.3) is 0 Å². The maximum Gasteiger partial charge on any atom is 0.268 e. The van der Waals surface area contributed by atoms with Crippen molar-refractivity contribution in [2.75, 3.05) is 6.54 Å². The van der Waals surface area contributed by atoms with Gasteiger partial charge in [0.05, 0.1) is 12.1 Å². The van der Waals surface area contributed by atoms with Crippen LogP contribution in [-0.4, -0.2) is 34.2 Å². The van der Waals surface area contributed by atoms with E-state index in [-0.39, 0.29) is 12.2 Å². The van der Waals surface area contributed by atoms with Gasteiger partial charge in [-0.1, -0.05) is 0 Å². The van der Waals surface area contributed by atoms with E-state index in [4.69, 9.17) is 0 Å². The van der Waals surface area contributed by atoms with E-state index in [2.05, 4.69) is 5.32 Å². The van der Waals surface area contributed by atoms with Gasteiger partial charge < -0.3 is 15.0 Å². The van der Waals surface area contributed by atoms with E-state index in [0.717, 1.165) is 6.42 Å². The van der Waals surface area contributed by atoms with Gasteiger partial charge in [0.25, 0.3) is 12.3 Å². The molecule has 1 aliphatic rings. The second-order valence-corrected chi connectivity index (χ2v) is 4.70. The van der Waals surface area contributed by atoms with Crippen LogP contribution in [0.15, 0.2) is 18.3 Å². The van der Waals surface area contributed by atoms with Crippen LogP contribution in [0.4, 0.5) is 8.78 Å². The van der Waals surface area contributed by atoms with E-state index in [1.807, 2.05) is 0 Å². The lowest BCUT2D eigenvalue weighted by atomic mass is 9.80. The number of nitrogens with one attached hydrogen (secondary N) is 1. The van der Waals surface area contributed by atoms with Crippen molar-refractivity contribution in [3.63, 3.8) is 0 Å². The first-order chi connectivity index (χ1) is 8.50. The number of halogens is 2. The second-order valence-electron chi connectivity index (χ2n) is 4.70. The summed E-state index contributed by atoms with van der Waals surface area (Å²) in [6.45, 7) is -0.328. The maximum atomic E-state index is 12.3. The van der Waals surface area contributed by atoms with Crippen LogP contribution >= 0.6 is 0 Å². The molecule has 0 spiro atoms. The summed E-state index contributed by atoms with van der Waals surface area (Å²) in [7, 11) is 0. The Kier molecular flexibility index (Phi) is 3.65. The van der Waals surface area contributed by atoms with Gasteiger partial charge in [-0.05, 0) is 31.4 Å². The monoisotopic (exact) mass is 258 g/mol. The summed E-state index contributed by atoms with van der Waals surface area (Å²) in [5, 5.41) is 12.4. The Bertz CT molecular complexity index is 427. The normalized spacial score (nSPS) is 17.6. The lowest BCUT2D eigenvalue weighted by Crippen LogP contribution is -2.48. The quantitative estimate of drug-likeness (QED) is 0.838. The average Bonchev–Trinajstić information content (AvgIpc) is 2.70. The summed E-state index contributed by atoms with van der Waals surface area (Å²) in [5.41, 5.74) is -0.617. The highest BCUT2D eigenvalue weighted by Gasteiger charge is 2.34. The van der Waals surface area contributed by atoms with Gasteiger partial charge in [0.2, 0.25) is 0 Å². The summed E-state index contributed by atoms with van der Waals surface area (Å²) in [5.74, 6) is -0.430. The number of nitrogens with zero attached hydrogens (tertiary/aromatic N) is 1. The lowest BCUT2D eigenvalue weighted by molar-refractivity contribution is -0.0301. The molecule has 0 saturated heterocycles. The molecule has 1 aromatic rings. The van der Waals surface area contributed by atoms with Gasteiger partial charge >= 0.3 is 0 Å². The van der Waals surface area contributed by atoms with Crippen molar-refractivity contribution >= 4 is 5.91 Å². The van der Waals surface area contributed by atoms with Crippen molar-refractivity contribution in [3.05, 3.63) is 24.0 Å². The van der Waals surface area contributed by atoms with Gasteiger partial charge in [-0.15, -0.1) is 0 Å². The Labute approximate surface area is 104 Å². The molecule has 6 heteroatoms. The molecular formula is C12H16F2N2O2. The SMILES string of the molecule is O=C(NCC1(O)CCC1)c1cccn1CC(F)F. The van der Waals surface area contributed by atoms with Crippen LogP contribution in [0.2, 0.25) is 0 Å². The van der Waals surface area contributed by atoms with Crippen molar-refractivity contribution in [1.82, 2.24) is 9.88 Å². The molecule has 1 aromatic heterocycles. The van der Waals surface area contributed by atoms with Gasteiger partial charge in [-0.25, -0.2) is 8.78 Å². The smallest absolute Gasteiger partial charge is 0.268 e. The number of hydrogen-bond acceptors (Lipinski definition) is 2. The number of carbonyl (C=O) groups is 1. The van der Waals surface area contributed by atoms with E-state index in [0.29, 0.717) is 12.8 Å². The van der Waals surface area contributed by atoms with Crippen LogP contribution in [0.5, 0.6) is 0 Å². The summed E-state index contributed by atoms with van der Waals surface area (Å²) in [6, 6.07) is 3.04. The van der Waals surface area contributed by atoms with Crippen LogP contribution in [-0.2, 0) is 6.54 Å². The summed E-state index contributed by atoms with van der Waals surface area (Å²) < 4.78 is 25.8. The molecule has 1 fully saturated rings. The highest BCUT2D eigenvalue weighted by atomic mass is 19.3. The molecule has 18 heavy (non-hydrogen) atoms. The molecule has 100 valence electrons. The molecule has 0 bridgehead atoms. The van der Waals surface area contributed by atoms with Crippen LogP contribution in [0.1, 0.15) is 29.8 Å². The minimum Gasteiger partial charge on any atom is -0.388 e. The van der Waals surface area contributed by atoms with E-state index in [1.54, 1.807) is 6.07 Å². The zero-order chi connectivity index (χ0) is 13.2. The molecule has 1 saturated carbocycles. The fourth-order valence-electron chi connectivity index (χ4n) is 2.03. The third kappa shape index (κ3) is 2.87. The number of alkyl halides is 2. The highest BCUT2D eigenvalue weighted by Crippen LogP contribution is 2.30. The molecule has 0 aromatic carbocycles. The third-order valence-electron chi connectivity index (χ3n) is 3.26. The minimum absolute atomic E-state index is 0.172. The predicted molar refractivity (Wildman–Crippen MR) is 61.6 cm³/mol. The molecule has 2 rings (SSSR count). The maximum absolute atomic E-state index is 12.3. The molecule has 0 atom stereocenters. The van der Waals surface area contributed by atoms with Crippen molar-refractivity contribution in [1.29, 1.82) is 0 Å². The summed E-state index contributed by atoms with van der Waals surface area (Å²) in [4.78, 5) is 11.8. The van der Waals surface area contributed by atoms with Gasteiger partial charge in [0.1, 0.15) is 5.69 Å². The molecule has 2 N–H and O–H groups in total. The third-order valence-corrected chi connectivity index (χ3v) is 3.26. The Morgan fingerprint density at radius 2 is 2.28 bits per heavy atom. The molecule has 0 aliphatic heterocycles. The largest absolute Gasteiger partial charge is 0.388 e. The van der Waals surface area contributed by atoms with E-state index < -0.39 is 24.5 Å². The number of hydrogen-bond donors (Lipinski definition) is 2. The second kappa shape index (κ2) is 5.06. The summed E-state index contributed by atoms with van der Waals surface area (Å²) in [6.07, 6.45) is 1.24. The number of amides is 1. The predicted octanol–water partition coefficient (Wildman–Crippen LogP) is 1.40. The minimum atomic E-state index is -2.50.